The van der Waals surface area contributed by atoms with Crippen LogP contribution in [0.4, 0.5) is 0 Å². The Labute approximate surface area is 127 Å². The monoisotopic (exact) mass is 306 g/mol. The molecule has 110 valence electrons. The lowest BCUT2D eigenvalue weighted by Crippen LogP contribution is -2.21. The fourth-order valence-electron chi connectivity index (χ4n) is 2.27. The normalized spacial score (nSPS) is 15.8. The molecular formula is C15H15ClN2O3. The average Bonchev–Trinajstić information content (AvgIpc) is 3.26. The maximum absolute atomic E-state index is 11.6. The van der Waals surface area contributed by atoms with Crippen molar-refractivity contribution in [3.63, 3.8) is 0 Å². The van der Waals surface area contributed by atoms with Gasteiger partial charge in [0.2, 0.25) is 0 Å². The molecule has 5 nitrogen and oxygen atoms in total. The van der Waals surface area contributed by atoms with Crippen molar-refractivity contribution in [2.75, 3.05) is 13.7 Å². The highest BCUT2D eigenvalue weighted by atomic mass is 35.5. The predicted molar refractivity (Wildman–Crippen MR) is 78.9 cm³/mol. The summed E-state index contributed by atoms with van der Waals surface area (Å²) in [6.45, 7) is 1.98. The second-order valence-electron chi connectivity index (χ2n) is 5.31. The van der Waals surface area contributed by atoms with Gasteiger partial charge in [-0.1, -0.05) is 11.6 Å². The molecule has 0 atom stereocenters. The number of hydrogen-bond acceptors (Lipinski definition) is 5. The van der Waals surface area contributed by atoms with Crippen LogP contribution >= 0.6 is 11.6 Å². The van der Waals surface area contributed by atoms with Crippen LogP contribution in [0.5, 0.6) is 11.5 Å². The van der Waals surface area contributed by atoms with Crippen LogP contribution in [0, 0.1) is 5.41 Å². The van der Waals surface area contributed by atoms with Crippen molar-refractivity contribution in [1.82, 2.24) is 9.97 Å². The highest BCUT2D eigenvalue weighted by Gasteiger charge is 2.48. The van der Waals surface area contributed by atoms with E-state index in [2.05, 4.69) is 9.97 Å². The van der Waals surface area contributed by atoms with Crippen molar-refractivity contribution in [3.8, 4) is 11.5 Å². The summed E-state index contributed by atoms with van der Waals surface area (Å²) in [5, 5.41) is 1.07. The first-order valence-corrected chi connectivity index (χ1v) is 7.06. The molecule has 1 heterocycles. The number of benzene rings is 1. The average molecular weight is 307 g/mol. The molecule has 0 bridgehead atoms. The highest BCUT2D eigenvalue weighted by Crippen LogP contribution is 2.47. The van der Waals surface area contributed by atoms with Crippen molar-refractivity contribution in [2.45, 2.75) is 19.8 Å². The van der Waals surface area contributed by atoms with Crippen molar-refractivity contribution < 1.29 is 14.3 Å². The molecule has 1 aromatic carbocycles. The molecule has 0 N–H and O–H groups in total. The minimum Gasteiger partial charge on any atom is -0.493 e. The molecule has 0 aliphatic heterocycles. The number of nitrogens with zero attached hydrogens (tertiary/aromatic N) is 2. The maximum atomic E-state index is 11.6. The van der Waals surface area contributed by atoms with Crippen molar-refractivity contribution in [1.29, 1.82) is 0 Å². The predicted octanol–water partition coefficient (Wildman–Crippen LogP) is 3.04. The Morgan fingerprint density at radius 3 is 2.71 bits per heavy atom. The summed E-state index contributed by atoms with van der Waals surface area (Å²) in [5.74, 6) is 1.29. The number of fused-ring (bicyclic) bond motifs is 1. The Morgan fingerprint density at radius 1 is 1.33 bits per heavy atom. The van der Waals surface area contributed by atoms with E-state index in [1.54, 1.807) is 26.2 Å². The van der Waals surface area contributed by atoms with Gasteiger partial charge in [-0.15, -0.1) is 0 Å². The van der Waals surface area contributed by atoms with Crippen LogP contribution in [0.15, 0.2) is 18.5 Å². The Hall–Kier alpha value is -1.88. The number of ether oxygens (including phenoxy) is 2. The molecule has 1 aliphatic carbocycles. The van der Waals surface area contributed by atoms with Crippen LogP contribution in [-0.2, 0) is 4.79 Å². The van der Waals surface area contributed by atoms with Gasteiger partial charge in [0.25, 0.3) is 0 Å². The zero-order chi connectivity index (χ0) is 15.0. The quantitative estimate of drug-likeness (QED) is 0.795. The van der Waals surface area contributed by atoms with Gasteiger partial charge in [-0.3, -0.25) is 4.79 Å². The van der Waals surface area contributed by atoms with Crippen LogP contribution in [0.1, 0.15) is 19.8 Å². The molecule has 21 heavy (non-hydrogen) atoms. The summed E-state index contributed by atoms with van der Waals surface area (Å²) in [6.07, 6.45) is 3.16. The van der Waals surface area contributed by atoms with E-state index >= 15 is 0 Å². The molecule has 0 unspecified atom stereocenters. The van der Waals surface area contributed by atoms with Crippen LogP contribution in [0.25, 0.3) is 10.9 Å². The third kappa shape index (κ3) is 2.53. The lowest BCUT2D eigenvalue weighted by Gasteiger charge is -2.16. The molecule has 1 aromatic heterocycles. The third-order valence-corrected chi connectivity index (χ3v) is 4.28. The van der Waals surface area contributed by atoms with Gasteiger partial charge < -0.3 is 9.47 Å². The number of halogens is 1. The molecule has 6 heteroatoms. The van der Waals surface area contributed by atoms with E-state index in [-0.39, 0.29) is 11.2 Å². The zero-order valence-electron chi connectivity index (χ0n) is 11.9. The van der Waals surface area contributed by atoms with Crippen molar-refractivity contribution in [3.05, 3.63) is 23.6 Å². The highest BCUT2D eigenvalue weighted by molar-refractivity contribution is 6.34. The summed E-state index contributed by atoms with van der Waals surface area (Å²) in [7, 11) is 1.56. The maximum Gasteiger partial charge on any atom is 0.163 e. The summed E-state index contributed by atoms with van der Waals surface area (Å²) >= 11 is 6.05. The topological polar surface area (TPSA) is 61.3 Å². The van der Waals surface area contributed by atoms with E-state index in [9.17, 15) is 4.79 Å². The molecule has 1 aliphatic rings. The minimum absolute atomic E-state index is 0.174. The second-order valence-corrected chi connectivity index (χ2v) is 5.67. The number of ketones is 1. The standard InChI is InChI=1S/C15H15ClN2O3/c1-9(19)15(3-4-15)7-21-13-6-11-10(5-12(13)20-2)14(16)18-8-17-11/h5-6,8H,3-4,7H2,1-2H3. The fraction of sp³-hybridized carbons (Fsp3) is 0.400. The van der Waals surface area contributed by atoms with E-state index in [4.69, 9.17) is 21.1 Å². The van der Waals surface area contributed by atoms with Gasteiger partial charge in [0.1, 0.15) is 23.9 Å². The summed E-state index contributed by atoms with van der Waals surface area (Å²) < 4.78 is 11.1. The SMILES string of the molecule is COc1cc2c(Cl)ncnc2cc1OCC1(C(C)=O)CC1. The van der Waals surface area contributed by atoms with Crippen LogP contribution in [0.3, 0.4) is 0 Å². The Bertz CT molecular complexity index is 713. The van der Waals surface area contributed by atoms with Crippen molar-refractivity contribution >= 4 is 28.3 Å². The Kier molecular flexibility index (Phi) is 3.45. The van der Waals surface area contributed by atoms with Gasteiger partial charge in [-0.05, 0) is 25.8 Å². The number of Topliss-reactive ketones (excluding diaryl/α,β-unsaturated/α-hetero) is 1. The molecule has 2 aromatic rings. The van der Waals surface area contributed by atoms with Gasteiger partial charge in [-0.2, -0.15) is 0 Å². The van der Waals surface area contributed by atoms with Crippen LogP contribution < -0.4 is 9.47 Å². The Balaban J connectivity index is 1.92. The lowest BCUT2D eigenvalue weighted by molar-refractivity contribution is -0.123. The zero-order valence-corrected chi connectivity index (χ0v) is 12.6. The van der Waals surface area contributed by atoms with Gasteiger partial charge in [-0.25, -0.2) is 9.97 Å². The minimum atomic E-state index is -0.316. The molecule has 3 rings (SSSR count). The fourth-order valence-corrected chi connectivity index (χ4v) is 2.46. The van der Waals surface area contributed by atoms with Gasteiger partial charge in [0.15, 0.2) is 11.5 Å². The molecule has 0 spiro atoms. The van der Waals surface area contributed by atoms with E-state index in [0.717, 1.165) is 12.8 Å². The van der Waals surface area contributed by atoms with Crippen LogP contribution in [0.2, 0.25) is 5.15 Å². The molecule has 1 saturated carbocycles. The number of carbonyl (C=O) groups is 1. The number of rotatable bonds is 5. The van der Waals surface area contributed by atoms with Gasteiger partial charge in [0.05, 0.1) is 18.0 Å². The summed E-state index contributed by atoms with van der Waals surface area (Å²) in [5.41, 5.74) is 0.363. The third-order valence-electron chi connectivity index (χ3n) is 3.98. The molecule has 0 saturated heterocycles. The van der Waals surface area contributed by atoms with Gasteiger partial charge >= 0.3 is 0 Å². The molecule has 0 radical (unpaired) electrons. The Morgan fingerprint density at radius 2 is 2.10 bits per heavy atom. The van der Waals surface area contributed by atoms with E-state index in [1.807, 2.05) is 0 Å². The second kappa shape index (κ2) is 5.15. The summed E-state index contributed by atoms with van der Waals surface area (Å²) in [4.78, 5) is 19.7. The van der Waals surface area contributed by atoms with Crippen molar-refractivity contribution in [2.24, 2.45) is 5.41 Å². The number of carbonyl (C=O) groups excluding carboxylic acids is 1. The number of methoxy groups -OCH3 is 1. The smallest absolute Gasteiger partial charge is 0.163 e. The largest absolute Gasteiger partial charge is 0.493 e. The van der Waals surface area contributed by atoms with Gasteiger partial charge in [0, 0.05) is 11.5 Å². The van der Waals surface area contributed by atoms with E-state index in [0.29, 0.717) is 34.2 Å². The molecule has 0 amide bonds. The van der Waals surface area contributed by atoms with E-state index in [1.165, 1.54) is 6.33 Å². The number of aromatic nitrogens is 2. The van der Waals surface area contributed by atoms with E-state index < -0.39 is 0 Å². The first-order chi connectivity index (χ1) is 10.1. The van der Waals surface area contributed by atoms with Crippen LogP contribution in [-0.4, -0.2) is 29.5 Å². The lowest BCUT2D eigenvalue weighted by atomic mass is 10.0. The summed E-state index contributed by atoms with van der Waals surface area (Å²) in [6, 6.07) is 3.51. The molecule has 1 fully saturated rings. The first-order valence-electron chi connectivity index (χ1n) is 6.68. The molecular weight excluding hydrogens is 292 g/mol. The first kappa shape index (κ1) is 14.1. The number of hydrogen-bond donors (Lipinski definition) is 0.